The van der Waals surface area contributed by atoms with Gasteiger partial charge in [0.15, 0.2) is 11.0 Å². The average Bonchev–Trinajstić information content (AvgIpc) is 3.17. The van der Waals surface area contributed by atoms with Crippen LogP contribution in [-0.4, -0.2) is 31.4 Å². The van der Waals surface area contributed by atoms with Crippen molar-refractivity contribution in [3.8, 4) is 5.75 Å². The van der Waals surface area contributed by atoms with Gasteiger partial charge in [-0.05, 0) is 37.1 Å². The molecule has 0 aliphatic rings. The lowest BCUT2D eigenvalue weighted by Gasteiger charge is -2.19. The molecule has 7 nitrogen and oxygen atoms in total. The zero-order chi connectivity index (χ0) is 22.2. The summed E-state index contributed by atoms with van der Waals surface area (Å²) in [7, 11) is 0. The van der Waals surface area contributed by atoms with E-state index in [1.165, 1.54) is 18.0 Å². The van der Waals surface area contributed by atoms with Crippen LogP contribution >= 0.6 is 35.0 Å². The van der Waals surface area contributed by atoms with E-state index in [-0.39, 0.29) is 24.3 Å². The molecular weight excluding hydrogens is 457 g/mol. The quantitative estimate of drug-likeness (QED) is 0.378. The third-order valence-electron chi connectivity index (χ3n) is 4.56. The number of para-hydroxylation sites is 1. The van der Waals surface area contributed by atoms with Crippen LogP contribution < -0.4 is 10.1 Å². The molecule has 1 N–H and O–H groups in total. The van der Waals surface area contributed by atoms with E-state index in [2.05, 4.69) is 38.9 Å². The van der Waals surface area contributed by atoms with Crippen LogP contribution in [0.25, 0.3) is 0 Å². The molecule has 1 aromatic carbocycles. The fourth-order valence-corrected chi connectivity index (χ4v) is 4.11. The van der Waals surface area contributed by atoms with Crippen molar-refractivity contribution in [2.75, 3.05) is 11.1 Å². The number of amides is 1. The smallest absolute Gasteiger partial charge is 0.236 e. The van der Waals surface area contributed by atoms with Crippen LogP contribution in [0.5, 0.6) is 5.75 Å². The fourth-order valence-electron chi connectivity index (χ4n) is 2.99. The number of hydrogen-bond acceptors (Lipinski definition) is 6. The highest BCUT2D eigenvalue weighted by Gasteiger charge is 2.20. The zero-order valence-corrected chi connectivity index (χ0v) is 19.5. The Morgan fingerprint density at radius 1 is 1.16 bits per heavy atom. The van der Waals surface area contributed by atoms with Crippen molar-refractivity contribution in [3.63, 3.8) is 0 Å². The second-order valence-electron chi connectivity index (χ2n) is 6.66. The SMILES string of the molecule is CCC(CC)n1c(COc2ccccc2Cl)nnc1SCC(=O)Nc1ccc(Cl)cn1. The molecular formula is C21H23Cl2N5O2S. The zero-order valence-electron chi connectivity index (χ0n) is 17.2. The minimum Gasteiger partial charge on any atom is -0.484 e. The van der Waals surface area contributed by atoms with Crippen LogP contribution in [0.15, 0.2) is 47.8 Å². The molecule has 31 heavy (non-hydrogen) atoms. The van der Waals surface area contributed by atoms with E-state index in [4.69, 9.17) is 27.9 Å². The summed E-state index contributed by atoms with van der Waals surface area (Å²) in [5.41, 5.74) is 0. The normalized spacial score (nSPS) is 11.0. The summed E-state index contributed by atoms with van der Waals surface area (Å²) >= 11 is 13.3. The number of halogens is 2. The van der Waals surface area contributed by atoms with Crippen LogP contribution in [0.4, 0.5) is 5.82 Å². The Kier molecular flexibility index (Phi) is 8.57. The van der Waals surface area contributed by atoms with Gasteiger partial charge in [-0.3, -0.25) is 4.79 Å². The lowest BCUT2D eigenvalue weighted by Crippen LogP contribution is -2.17. The number of pyridine rings is 1. The predicted molar refractivity (Wildman–Crippen MR) is 124 cm³/mol. The molecule has 0 radical (unpaired) electrons. The molecule has 2 aromatic heterocycles. The van der Waals surface area contributed by atoms with E-state index in [0.29, 0.717) is 32.6 Å². The molecule has 3 aromatic rings. The summed E-state index contributed by atoms with van der Waals surface area (Å²) in [4.78, 5) is 16.4. The second-order valence-corrected chi connectivity index (χ2v) is 8.44. The number of anilines is 1. The largest absolute Gasteiger partial charge is 0.484 e. The molecule has 0 bridgehead atoms. The van der Waals surface area contributed by atoms with Gasteiger partial charge in [0, 0.05) is 12.2 Å². The van der Waals surface area contributed by atoms with Gasteiger partial charge in [-0.1, -0.05) is 60.9 Å². The topological polar surface area (TPSA) is 81.9 Å². The van der Waals surface area contributed by atoms with Crippen molar-refractivity contribution in [2.24, 2.45) is 0 Å². The Bertz CT molecular complexity index is 1010. The van der Waals surface area contributed by atoms with Crippen LogP contribution in [0, 0.1) is 0 Å². The first kappa shape index (κ1) is 23.4. The number of ether oxygens (including phenoxy) is 1. The first-order valence-corrected chi connectivity index (χ1v) is 11.6. The number of hydrogen-bond donors (Lipinski definition) is 1. The van der Waals surface area contributed by atoms with Gasteiger partial charge < -0.3 is 14.6 Å². The van der Waals surface area contributed by atoms with Crippen LogP contribution in [0.3, 0.4) is 0 Å². The number of thioether (sulfide) groups is 1. The van der Waals surface area contributed by atoms with E-state index in [1.807, 2.05) is 18.2 Å². The first-order valence-electron chi connectivity index (χ1n) is 9.87. The average molecular weight is 480 g/mol. The van der Waals surface area contributed by atoms with Gasteiger partial charge in [0.1, 0.15) is 18.2 Å². The minimum atomic E-state index is -0.187. The van der Waals surface area contributed by atoms with E-state index in [0.717, 1.165) is 12.8 Å². The van der Waals surface area contributed by atoms with E-state index < -0.39 is 0 Å². The molecule has 0 aliphatic carbocycles. The highest BCUT2D eigenvalue weighted by molar-refractivity contribution is 7.99. The molecule has 0 atom stereocenters. The predicted octanol–water partition coefficient (Wildman–Crippen LogP) is 5.65. The summed E-state index contributed by atoms with van der Waals surface area (Å²) in [5, 5.41) is 13.1. The summed E-state index contributed by atoms with van der Waals surface area (Å²) in [6.45, 7) is 4.45. The van der Waals surface area contributed by atoms with Gasteiger partial charge in [0.2, 0.25) is 5.91 Å². The Balaban J connectivity index is 1.69. The Hall–Kier alpha value is -2.29. The summed E-state index contributed by atoms with van der Waals surface area (Å²) in [5.74, 6) is 1.72. The highest BCUT2D eigenvalue weighted by Crippen LogP contribution is 2.28. The van der Waals surface area contributed by atoms with Gasteiger partial charge in [0.05, 0.1) is 15.8 Å². The monoisotopic (exact) mass is 479 g/mol. The maximum absolute atomic E-state index is 12.3. The summed E-state index contributed by atoms with van der Waals surface area (Å²) < 4.78 is 7.92. The summed E-state index contributed by atoms with van der Waals surface area (Å²) in [6, 6.07) is 10.8. The third-order valence-corrected chi connectivity index (χ3v) is 6.04. The van der Waals surface area contributed by atoms with Crippen molar-refractivity contribution in [3.05, 3.63) is 58.5 Å². The number of nitrogens with zero attached hydrogens (tertiary/aromatic N) is 4. The maximum Gasteiger partial charge on any atom is 0.236 e. The number of nitrogens with one attached hydrogen (secondary N) is 1. The van der Waals surface area contributed by atoms with Gasteiger partial charge in [-0.15, -0.1) is 10.2 Å². The van der Waals surface area contributed by atoms with E-state index >= 15 is 0 Å². The number of carbonyl (C=O) groups excluding carboxylic acids is 1. The lowest BCUT2D eigenvalue weighted by molar-refractivity contribution is -0.113. The molecule has 0 saturated carbocycles. The maximum atomic E-state index is 12.3. The van der Waals surface area contributed by atoms with E-state index in [1.54, 1.807) is 18.2 Å². The Morgan fingerprint density at radius 3 is 2.61 bits per heavy atom. The molecule has 0 aliphatic heterocycles. The van der Waals surface area contributed by atoms with Crippen LogP contribution in [-0.2, 0) is 11.4 Å². The van der Waals surface area contributed by atoms with Crippen molar-refractivity contribution >= 4 is 46.7 Å². The molecule has 1 amide bonds. The van der Waals surface area contributed by atoms with Gasteiger partial charge >= 0.3 is 0 Å². The Morgan fingerprint density at radius 2 is 1.94 bits per heavy atom. The molecule has 0 spiro atoms. The molecule has 0 fully saturated rings. The summed E-state index contributed by atoms with van der Waals surface area (Å²) in [6.07, 6.45) is 3.30. The second kappa shape index (κ2) is 11.4. The minimum absolute atomic E-state index is 0.175. The fraction of sp³-hybridized carbons (Fsp3) is 0.333. The van der Waals surface area contributed by atoms with Gasteiger partial charge in [-0.25, -0.2) is 4.98 Å². The van der Waals surface area contributed by atoms with Crippen LogP contribution in [0.1, 0.15) is 38.6 Å². The molecule has 10 heteroatoms. The molecule has 2 heterocycles. The highest BCUT2D eigenvalue weighted by atomic mass is 35.5. The number of rotatable bonds is 10. The van der Waals surface area contributed by atoms with Crippen molar-refractivity contribution in [1.29, 1.82) is 0 Å². The number of carbonyl (C=O) groups is 1. The van der Waals surface area contributed by atoms with Crippen molar-refractivity contribution in [1.82, 2.24) is 19.7 Å². The van der Waals surface area contributed by atoms with Crippen molar-refractivity contribution < 1.29 is 9.53 Å². The molecule has 3 rings (SSSR count). The number of benzene rings is 1. The third kappa shape index (κ3) is 6.35. The first-order chi connectivity index (χ1) is 15.0. The van der Waals surface area contributed by atoms with E-state index in [9.17, 15) is 4.79 Å². The number of aromatic nitrogens is 4. The molecule has 0 saturated heterocycles. The standard InChI is InChI=1S/C21H23Cl2N5O2S/c1-3-15(4-2)28-19(12-30-17-8-6-5-7-16(17)23)26-27-21(28)31-13-20(29)25-18-10-9-14(22)11-24-18/h5-11,15H,3-4,12-13H2,1-2H3,(H,24,25,29). The van der Waals surface area contributed by atoms with Crippen LogP contribution in [0.2, 0.25) is 10.0 Å². The molecule has 0 unspecified atom stereocenters. The van der Waals surface area contributed by atoms with Crippen molar-refractivity contribution in [2.45, 2.75) is 44.5 Å². The Labute approximate surface area is 195 Å². The lowest BCUT2D eigenvalue weighted by atomic mass is 10.2. The molecule has 164 valence electrons. The van der Waals surface area contributed by atoms with Gasteiger partial charge in [0.25, 0.3) is 0 Å². The van der Waals surface area contributed by atoms with Gasteiger partial charge in [-0.2, -0.15) is 0 Å².